The molecule has 0 aromatic heterocycles. The highest BCUT2D eigenvalue weighted by Crippen LogP contribution is 2.61. The Balaban J connectivity index is 2.61. The molecule has 0 saturated carbocycles. The van der Waals surface area contributed by atoms with Crippen LogP contribution in [-0.4, -0.2) is 23.7 Å². The van der Waals surface area contributed by atoms with Crippen molar-refractivity contribution in [2.75, 3.05) is 7.11 Å². The Morgan fingerprint density at radius 3 is 2.86 bits per heavy atom. The fourth-order valence-electron chi connectivity index (χ4n) is 1.37. The molecule has 1 aromatic carbocycles. The number of fused-ring (bicyclic) bond motifs is 1. The van der Waals surface area contributed by atoms with Crippen LogP contribution < -0.4 is 0 Å². The van der Waals surface area contributed by atoms with Crippen LogP contribution in [-0.2, 0) is 4.18 Å². The summed E-state index contributed by atoms with van der Waals surface area (Å²) in [5, 5.41) is 8.10. The maximum Gasteiger partial charge on any atom is 0.393 e. The van der Waals surface area contributed by atoms with Gasteiger partial charge in [-0.1, -0.05) is 18.2 Å². The van der Waals surface area contributed by atoms with Crippen molar-refractivity contribution in [2.45, 2.75) is 4.90 Å². The molecule has 1 aromatic rings. The summed E-state index contributed by atoms with van der Waals surface area (Å²) in [6.45, 7) is 0. The van der Waals surface area contributed by atoms with Gasteiger partial charge < -0.3 is 9.29 Å². The summed E-state index contributed by atoms with van der Waals surface area (Å²) in [7, 11) is -1.11. The monoisotopic (exact) mass is 211 g/mol. The summed E-state index contributed by atoms with van der Waals surface area (Å²) in [5.41, 5.74) is 0.826. The number of rotatable bonds is 1. The minimum absolute atomic E-state index is 0.662. The van der Waals surface area contributed by atoms with Gasteiger partial charge in [-0.25, -0.2) is 9.19 Å². The molecule has 1 unspecified atom stereocenters. The molecular formula is C9H9NO3S. The molecule has 1 aliphatic rings. The van der Waals surface area contributed by atoms with E-state index in [0.717, 1.165) is 5.56 Å². The number of nitrogens with zero attached hydrogens (tertiary/aromatic N) is 1. The predicted octanol–water partition coefficient (Wildman–Crippen LogP) is 2.44. The lowest BCUT2D eigenvalue weighted by atomic mass is 10.2. The van der Waals surface area contributed by atoms with Crippen molar-refractivity contribution in [3.8, 4) is 0 Å². The molecule has 2 rings (SSSR count). The lowest BCUT2D eigenvalue weighted by Gasteiger charge is -2.25. The van der Waals surface area contributed by atoms with Crippen LogP contribution in [0.5, 0.6) is 0 Å². The molecule has 1 atom stereocenters. The Morgan fingerprint density at radius 1 is 1.50 bits per heavy atom. The third kappa shape index (κ3) is 1.06. The van der Waals surface area contributed by atoms with Crippen molar-refractivity contribution in [1.29, 1.82) is 0 Å². The van der Waals surface area contributed by atoms with Gasteiger partial charge in [0.1, 0.15) is 0 Å². The van der Waals surface area contributed by atoms with Crippen LogP contribution in [0.15, 0.2) is 33.6 Å². The third-order valence-corrected chi connectivity index (χ3v) is 4.36. The molecule has 1 N–H and O–H groups in total. The second kappa shape index (κ2) is 3.11. The summed E-state index contributed by atoms with van der Waals surface area (Å²) >= 11 is 0. The van der Waals surface area contributed by atoms with Gasteiger partial charge in [-0.3, -0.25) is 0 Å². The van der Waals surface area contributed by atoms with Crippen LogP contribution in [0, 0.1) is 0 Å². The van der Waals surface area contributed by atoms with Gasteiger partial charge in [-0.2, -0.15) is 0 Å². The second-order valence-corrected chi connectivity index (χ2v) is 5.12. The van der Waals surface area contributed by atoms with E-state index in [-0.39, 0.29) is 0 Å². The minimum Gasteiger partial charge on any atom is -0.471 e. The van der Waals surface area contributed by atoms with Crippen molar-refractivity contribution in [2.24, 2.45) is 4.40 Å². The Bertz CT molecular complexity index is 418. The third-order valence-electron chi connectivity index (χ3n) is 2.04. The van der Waals surface area contributed by atoms with Crippen molar-refractivity contribution < 1.29 is 14.1 Å². The lowest BCUT2D eigenvalue weighted by Crippen LogP contribution is -2.08. The van der Waals surface area contributed by atoms with E-state index < -0.39 is 15.8 Å². The molecule has 4 nitrogen and oxygen atoms in total. The largest absolute Gasteiger partial charge is 0.471 e. The predicted molar refractivity (Wildman–Crippen MR) is 54.9 cm³/mol. The molecule has 0 amide bonds. The Kier molecular flexibility index (Phi) is 2.05. The average Bonchev–Trinajstić information content (AvgIpc) is 2.57. The number of benzene rings is 1. The highest BCUT2D eigenvalue weighted by atomic mass is 32.3. The van der Waals surface area contributed by atoms with E-state index in [2.05, 4.69) is 4.40 Å². The zero-order chi connectivity index (χ0) is 10.2. The van der Waals surface area contributed by atoms with Crippen LogP contribution in [0.4, 0.5) is 4.79 Å². The summed E-state index contributed by atoms with van der Waals surface area (Å²) in [5.74, 6) is 0. The second-order valence-electron chi connectivity index (χ2n) is 2.73. The minimum atomic E-state index is -2.49. The van der Waals surface area contributed by atoms with E-state index in [0.29, 0.717) is 4.90 Å². The molecule has 0 saturated heterocycles. The van der Waals surface area contributed by atoms with Crippen molar-refractivity contribution >= 4 is 22.0 Å². The first-order chi connectivity index (χ1) is 6.70. The topological polar surface area (TPSA) is 58.9 Å². The molecule has 0 fully saturated rings. The van der Waals surface area contributed by atoms with Crippen LogP contribution in [0.2, 0.25) is 0 Å². The number of hydrogen-bond donors (Lipinski definition) is 1. The first kappa shape index (κ1) is 9.23. The van der Waals surface area contributed by atoms with Crippen molar-refractivity contribution in [3.05, 3.63) is 29.8 Å². The van der Waals surface area contributed by atoms with Gasteiger partial charge in [0.25, 0.3) is 0 Å². The first-order valence-corrected chi connectivity index (χ1v) is 5.48. The van der Waals surface area contributed by atoms with Crippen LogP contribution >= 0.6 is 10.5 Å². The zero-order valence-corrected chi connectivity index (χ0v) is 8.32. The zero-order valence-electron chi connectivity index (χ0n) is 7.51. The highest BCUT2D eigenvalue weighted by molar-refractivity contribution is 8.40. The molecule has 5 heteroatoms. The van der Waals surface area contributed by atoms with Crippen LogP contribution in [0.3, 0.4) is 0 Å². The molecule has 74 valence electrons. The maximum absolute atomic E-state index is 11.1. The average molecular weight is 211 g/mol. The first-order valence-electron chi connectivity index (χ1n) is 3.97. The molecule has 0 spiro atoms. The van der Waals surface area contributed by atoms with Crippen molar-refractivity contribution in [3.63, 3.8) is 0 Å². The Hall–Kier alpha value is -1.33. The standard InChI is InChI=1S/C9H9NO3S/c1-13-14(9(11)12)8-5-3-2-4-7(8)6-10-14/h2-6H,1H3,(H,11,12). The van der Waals surface area contributed by atoms with E-state index in [9.17, 15) is 4.79 Å². The van der Waals surface area contributed by atoms with Crippen LogP contribution in [0.25, 0.3) is 0 Å². The molecule has 1 aliphatic heterocycles. The van der Waals surface area contributed by atoms with E-state index >= 15 is 0 Å². The maximum atomic E-state index is 11.1. The normalized spacial score (nSPS) is 28.1. The quantitative estimate of drug-likeness (QED) is 0.776. The highest BCUT2D eigenvalue weighted by Gasteiger charge is 2.39. The summed E-state index contributed by atoms with van der Waals surface area (Å²) in [6.07, 6.45) is 1.56. The molecule has 0 aliphatic carbocycles. The van der Waals surface area contributed by atoms with Gasteiger partial charge in [0.05, 0.1) is 22.5 Å². The van der Waals surface area contributed by atoms with E-state index in [1.54, 1.807) is 18.3 Å². The van der Waals surface area contributed by atoms with Gasteiger partial charge in [-0.15, -0.1) is 0 Å². The smallest absolute Gasteiger partial charge is 0.393 e. The number of carboxylic acid groups (broad SMARTS) is 1. The Morgan fingerprint density at radius 2 is 2.21 bits per heavy atom. The summed E-state index contributed by atoms with van der Waals surface area (Å²) in [4.78, 5) is 11.8. The molecule has 1 heterocycles. The van der Waals surface area contributed by atoms with Gasteiger partial charge in [-0.05, 0) is 6.07 Å². The SMILES string of the molecule is COS1(C(=O)O)N=Cc2ccccc21. The van der Waals surface area contributed by atoms with Gasteiger partial charge in [0.15, 0.2) is 0 Å². The summed E-state index contributed by atoms with van der Waals surface area (Å²) < 4.78 is 9.06. The van der Waals surface area contributed by atoms with E-state index in [1.807, 2.05) is 12.1 Å². The molecular weight excluding hydrogens is 202 g/mol. The molecule has 0 radical (unpaired) electrons. The molecule has 14 heavy (non-hydrogen) atoms. The number of carbonyl (C=O) groups is 1. The fourth-order valence-corrected chi connectivity index (χ4v) is 3.14. The van der Waals surface area contributed by atoms with Crippen molar-refractivity contribution in [1.82, 2.24) is 0 Å². The van der Waals surface area contributed by atoms with Gasteiger partial charge >= 0.3 is 5.30 Å². The number of hydrogen-bond acceptors (Lipinski definition) is 3. The van der Waals surface area contributed by atoms with E-state index in [1.165, 1.54) is 7.11 Å². The lowest BCUT2D eigenvalue weighted by molar-refractivity contribution is 0.218. The summed E-state index contributed by atoms with van der Waals surface area (Å²) in [6, 6.07) is 7.21. The van der Waals surface area contributed by atoms with Crippen LogP contribution in [0.1, 0.15) is 5.56 Å². The van der Waals surface area contributed by atoms with Gasteiger partial charge in [0, 0.05) is 11.8 Å². The molecule has 0 bridgehead atoms. The van der Waals surface area contributed by atoms with Gasteiger partial charge in [0.2, 0.25) is 0 Å². The fraction of sp³-hybridized carbons (Fsp3) is 0.111. The Labute approximate surface area is 82.9 Å². The van der Waals surface area contributed by atoms with E-state index in [4.69, 9.17) is 9.29 Å².